The molecule has 9 heteroatoms. The highest BCUT2D eigenvalue weighted by atomic mass is 32.2. The molecule has 0 saturated carbocycles. The summed E-state index contributed by atoms with van der Waals surface area (Å²) in [4.78, 5) is 2.06. The minimum atomic E-state index is -4.36. The van der Waals surface area contributed by atoms with Crippen molar-refractivity contribution in [2.24, 2.45) is 0 Å². The number of hydrogen-bond acceptors (Lipinski definition) is 3. The van der Waals surface area contributed by atoms with Crippen molar-refractivity contribution in [3.63, 3.8) is 0 Å². The van der Waals surface area contributed by atoms with Gasteiger partial charge in [0.25, 0.3) is 0 Å². The summed E-state index contributed by atoms with van der Waals surface area (Å²) in [6, 6.07) is 9.71. The molecule has 0 spiro atoms. The Balaban J connectivity index is 1.64. The molecule has 0 radical (unpaired) electrons. The van der Waals surface area contributed by atoms with Crippen LogP contribution in [0.5, 0.6) is 0 Å². The van der Waals surface area contributed by atoms with Crippen molar-refractivity contribution < 1.29 is 26.0 Å². The van der Waals surface area contributed by atoms with Gasteiger partial charge in [0.2, 0.25) is 10.0 Å². The van der Waals surface area contributed by atoms with Crippen LogP contribution in [0.4, 0.5) is 17.6 Å². The first-order valence-corrected chi connectivity index (χ1v) is 10.2. The lowest BCUT2D eigenvalue weighted by atomic mass is 10.1. The summed E-state index contributed by atoms with van der Waals surface area (Å²) in [5.74, 6) is -0.502. The van der Waals surface area contributed by atoms with Crippen molar-refractivity contribution in [3.05, 3.63) is 65.5 Å². The highest BCUT2D eigenvalue weighted by Gasteiger charge is 2.30. The van der Waals surface area contributed by atoms with Gasteiger partial charge >= 0.3 is 6.18 Å². The Morgan fingerprint density at radius 1 is 0.857 bits per heavy atom. The Kier molecular flexibility index (Phi) is 6.07. The third-order valence-electron chi connectivity index (χ3n) is 4.69. The third-order valence-corrected chi connectivity index (χ3v) is 6.60. The summed E-state index contributed by atoms with van der Waals surface area (Å²) in [7, 11) is -3.71. The van der Waals surface area contributed by atoms with E-state index in [9.17, 15) is 26.0 Å². The molecule has 1 aliphatic rings. The number of benzene rings is 2. The van der Waals surface area contributed by atoms with Crippen molar-refractivity contribution in [1.29, 1.82) is 0 Å². The Labute approximate surface area is 161 Å². The zero-order valence-corrected chi connectivity index (χ0v) is 15.8. The highest BCUT2D eigenvalue weighted by Crippen LogP contribution is 2.29. The first-order valence-electron chi connectivity index (χ1n) is 8.80. The number of alkyl halides is 3. The summed E-state index contributed by atoms with van der Waals surface area (Å²) in [6.07, 6.45) is -3.77. The number of sulfonamides is 1. The predicted molar refractivity (Wildman–Crippen MR) is 96.5 cm³/mol. The fourth-order valence-corrected chi connectivity index (χ4v) is 4.63. The number of halogens is 4. The fraction of sp³-hybridized carbons (Fsp3) is 0.368. The molecule has 1 fully saturated rings. The maximum absolute atomic E-state index is 13.1. The van der Waals surface area contributed by atoms with E-state index in [1.165, 1.54) is 28.6 Å². The summed E-state index contributed by atoms with van der Waals surface area (Å²) in [5.41, 5.74) is 0.0477. The van der Waals surface area contributed by atoms with Crippen LogP contribution < -0.4 is 0 Å². The first kappa shape index (κ1) is 20.8. The number of hydrogen-bond donors (Lipinski definition) is 0. The lowest BCUT2D eigenvalue weighted by molar-refractivity contribution is -0.137. The average Bonchev–Trinajstić information content (AvgIpc) is 2.88. The van der Waals surface area contributed by atoms with E-state index >= 15 is 0 Å². The van der Waals surface area contributed by atoms with Gasteiger partial charge in [-0.05, 0) is 54.9 Å². The van der Waals surface area contributed by atoms with Gasteiger partial charge in [-0.1, -0.05) is 12.1 Å². The van der Waals surface area contributed by atoms with Crippen molar-refractivity contribution >= 4 is 10.0 Å². The smallest absolute Gasteiger partial charge is 0.298 e. The highest BCUT2D eigenvalue weighted by molar-refractivity contribution is 7.89. The quantitative estimate of drug-likeness (QED) is 0.713. The predicted octanol–water partition coefficient (Wildman–Crippen LogP) is 3.74. The third kappa shape index (κ3) is 4.89. The van der Waals surface area contributed by atoms with E-state index in [0.717, 1.165) is 29.8 Å². The van der Waals surface area contributed by atoms with Crippen LogP contribution in [0, 0.1) is 5.82 Å². The minimum Gasteiger partial charge on any atom is -0.298 e. The van der Waals surface area contributed by atoms with E-state index in [0.29, 0.717) is 32.6 Å². The second-order valence-corrected chi connectivity index (χ2v) is 8.62. The molecule has 152 valence electrons. The Hall–Kier alpha value is -1.97. The molecule has 0 unspecified atom stereocenters. The zero-order valence-electron chi connectivity index (χ0n) is 15.0. The van der Waals surface area contributed by atoms with E-state index in [1.54, 1.807) is 0 Å². The normalized spacial score (nSPS) is 17.4. The second-order valence-electron chi connectivity index (χ2n) is 6.68. The molecule has 1 aliphatic heterocycles. The molecule has 0 aliphatic carbocycles. The number of nitrogens with zero attached hydrogens (tertiary/aromatic N) is 2. The first-order chi connectivity index (χ1) is 13.2. The Morgan fingerprint density at radius 3 is 2.11 bits per heavy atom. The van der Waals surface area contributed by atoms with Crippen LogP contribution in [-0.4, -0.2) is 43.8 Å². The van der Waals surface area contributed by atoms with Crippen LogP contribution in [-0.2, 0) is 22.7 Å². The topological polar surface area (TPSA) is 40.6 Å². The second kappa shape index (κ2) is 8.18. The molecule has 0 atom stereocenters. The standard InChI is InChI=1S/C19H20F4N2O2S/c20-17-6-8-18(9-7-17)28(26,27)25-11-1-10-24(12-13-25)14-15-2-4-16(5-3-15)19(21,22)23/h2-9H,1,10-14H2. The monoisotopic (exact) mass is 416 g/mol. The summed E-state index contributed by atoms with van der Waals surface area (Å²) < 4.78 is 77.8. The van der Waals surface area contributed by atoms with E-state index in [4.69, 9.17) is 0 Å². The van der Waals surface area contributed by atoms with Crippen LogP contribution in [0.1, 0.15) is 17.5 Å². The molecule has 0 amide bonds. The molecule has 28 heavy (non-hydrogen) atoms. The SMILES string of the molecule is O=S(=O)(c1ccc(F)cc1)N1CCCN(Cc2ccc(C(F)(F)F)cc2)CC1. The van der Waals surface area contributed by atoms with Gasteiger partial charge in [-0.15, -0.1) is 0 Å². The van der Waals surface area contributed by atoms with E-state index in [-0.39, 0.29) is 11.4 Å². The van der Waals surface area contributed by atoms with Crippen LogP contribution in [0.25, 0.3) is 0 Å². The molecule has 2 aromatic rings. The van der Waals surface area contributed by atoms with Crippen molar-refractivity contribution in [2.75, 3.05) is 26.2 Å². The van der Waals surface area contributed by atoms with Crippen molar-refractivity contribution in [1.82, 2.24) is 9.21 Å². The van der Waals surface area contributed by atoms with Gasteiger partial charge in [-0.3, -0.25) is 4.90 Å². The average molecular weight is 416 g/mol. The van der Waals surface area contributed by atoms with Crippen LogP contribution in [0.3, 0.4) is 0 Å². The van der Waals surface area contributed by atoms with E-state index < -0.39 is 27.6 Å². The molecule has 1 heterocycles. The van der Waals surface area contributed by atoms with Crippen LogP contribution in [0.2, 0.25) is 0 Å². The largest absolute Gasteiger partial charge is 0.416 e. The van der Waals surface area contributed by atoms with Gasteiger partial charge in [-0.2, -0.15) is 17.5 Å². The van der Waals surface area contributed by atoms with Gasteiger partial charge in [-0.25, -0.2) is 12.8 Å². The lowest BCUT2D eigenvalue weighted by Gasteiger charge is -2.22. The van der Waals surface area contributed by atoms with Gasteiger partial charge in [0, 0.05) is 26.2 Å². The van der Waals surface area contributed by atoms with Crippen molar-refractivity contribution in [3.8, 4) is 0 Å². The Morgan fingerprint density at radius 2 is 1.50 bits per heavy atom. The van der Waals surface area contributed by atoms with Gasteiger partial charge in [0.1, 0.15) is 5.82 Å². The maximum Gasteiger partial charge on any atom is 0.416 e. The summed E-state index contributed by atoms with van der Waals surface area (Å²) >= 11 is 0. The lowest BCUT2D eigenvalue weighted by Crippen LogP contribution is -2.35. The molecule has 0 bridgehead atoms. The molecule has 4 nitrogen and oxygen atoms in total. The van der Waals surface area contributed by atoms with E-state index in [1.807, 2.05) is 4.90 Å². The van der Waals surface area contributed by atoms with E-state index in [2.05, 4.69) is 0 Å². The van der Waals surface area contributed by atoms with Crippen molar-refractivity contribution in [2.45, 2.75) is 24.0 Å². The zero-order chi connectivity index (χ0) is 20.4. The van der Waals surface area contributed by atoms with Gasteiger partial charge in [0.05, 0.1) is 10.5 Å². The molecule has 0 aromatic heterocycles. The van der Waals surface area contributed by atoms with Gasteiger partial charge in [0.15, 0.2) is 0 Å². The summed E-state index contributed by atoms with van der Waals surface area (Å²) in [5, 5.41) is 0. The minimum absolute atomic E-state index is 0.0464. The molecule has 2 aromatic carbocycles. The molecule has 1 saturated heterocycles. The Bertz CT molecular complexity index is 897. The van der Waals surface area contributed by atoms with Crippen LogP contribution >= 0.6 is 0 Å². The molecule has 0 N–H and O–H groups in total. The fourth-order valence-electron chi connectivity index (χ4n) is 3.16. The molecular weight excluding hydrogens is 396 g/mol. The molecule has 3 rings (SSSR count). The van der Waals surface area contributed by atoms with Gasteiger partial charge < -0.3 is 0 Å². The maximum atomic E-state index is 13.1. The van der Waals surface area contributed by atoms with Crippen LogP contribution in [0.15, 0.2) is 53.4 Å². The molecular formula is C19H20F4N2O2S. The summed E-state index contributed by atoms with van der Waals surface area (Å²) in [6.45, 7) is 2.14. The number of rotatable bonds is 4.